The molecular formula is C26H32N4O4S. The van der Waals surface area contributed by atoms with Gasteiger partial charge in [0.25, 0.3) is 5.91 Å². The quantitative estimate of drug-likeness (QED) is 0.487. The molecule has 3 aromatic rings. The Hall–Kier alpha value is -3.01. The number of hydrogen-bond acceptors (Lipinski definition) is 7. The number of carbonyl (C=O) groups excluding carboxylic acids is 1. The predicted octanol–water partition coefficient (Wildman–Crippen LogP) is 2.99. The number of rotatable bonds is 9. The van der Waals surface area contributed by atoms with E-state index in [2.05, 4.69) is 27.0 Å². The van der Waals surface area contributed by atoms with Crippen molar-refractivity contribution in [1.82, 2.24) is 20.1 Å². The van der Waals surface area contributed by atoms with Gasteiger partial charge in [0.15, 0.2) is 9.84 Å². The molecule has 1 aliphatic heterocycles. The number of benzene rings is 2. The first-order valence-electron chi connectivity index (χ1n) is 11.9. The van der Waals surface area contributed by atoms with E-state index in [0.29, 0.717) is 35.0 Å². The predicted molar refractivity (Wildman–Crippen MR) is 135 cm³/mol. The van der Waals surface area contributed by atoms with Crippen molar-refractivity contribution in [3.63, 3.8) is 0 Å². The van der Waals surface area contributed by atoms with E-state index in [0.717, 1.165) is 39.3 Å². The number of aryl methyl sites for hydroxylation is 1. The van der Waals surface area contributed by atoms with Crippen LogP contribution < -0.4 is 5.32 Å². The summed E-state index contributed by atoms with van der Waals surface area (Å²) in [4.78, 5) is 22.0. The fourth-order valence-electron chi connectivity index (χ4n) is 4.10. The summed E-state index contributed by atoms with van der Waals surface area (Å²) in [5, 5.41) is 2.99. The maximum absolute atomic E-state index is 12.7. The van der Waals surface area contributed by atoms with Gasteiger partial charge in [0.1, 0.15) is 11.5 Å². The molecule has 4 rings (SSSR count). The van der Waals surface area contributed by atoms with Gasteiger partial charge < -0.3 is 14.6 Å². The summed E-state index contributed by atoms with van der Waals surface area (Å²) in [6.07, 6.45) is 0. The number of amides is 1. The van der Waals surface area contributed by atoms with Crippen LogP contribution in [0.15, 0.2) is 63.9 Å². The summed E-state index contributed by atoms with van der Waals surface area (Å²) in [5.41, 5.74) is 1.62. The Labute approximate surface area is 206 Å². The fraction of sp³-hybridized carbons (Fsp3) is 0.385. The van der Waals surface area contributed by atoms with Crippen LogP contribution in [0.5, 0.6) is 0 Å². The zero-order chi connectivity index (χ0) is 24.8. The van der Waals surface area contributed by atoms with E-state index in [1.54, 1.807) is 61.5 Å². The van der Waals surface area contributed by atoms with E-state index >= 15 is 0 Å². The topological polar surface area (TPSA) is 95.7 Å². The molecule has 8 nitrogen and oxygen atoms in total. The van der Waals surface area contributed by atoms with Crippen LogP contribution in [-0.4, -0.2) is 74.9 Å². The van der Waals surface area contributed by atoms with E-state index in [-0.39, 0.29) is 16.6 Å². The van der Waals surface area contributed by atoms with Gasteiger partial charge in [0.05, 0.1) is 10.6 Å². The summed E-state index contributed by atoms with van der Waals surface area (Å²) >= 11 is 0. The molecule has 0 spiro atoms. The third-order valence-corrected chi connectivity index (χ3v) is 7.99. The van der Waals surface area contributed by atoms with E-state index < -0.39 is 9.84 Å². The van der Waals surface area contributed by atoms with Gasteiger partial charge in [-0.3, -0.25) is 9.69 Å². The maximum Gasteiger partial charge on any atom is 0.251 e. The molecule has 0 saturated carbocycles. The normalized spacial score (nSPS) is 15.3. The Morgan fingerprint density at radius 2 is 1.66 bits per heavy atom. The highest BCUT2D eigenvalue weighted by atomic mass is 32.2. The number of nitrogens with one attached hydrogen (secondary N) is 1. The lowest BCUT2D eigenvalue weighted by atomic mass is 10.1. The van der Waals surface area contributed by atoms with Crippen molar-refractivity contribution in [1.29, 1.82) is 0 Å². The minimum absolute atomic E-state index is 0.123. The molecule has 1 aliphatic rings. The minimum Gasteiger partial charge on any atom is -0.441 e. The monoisotopic (exact) mass is 496 g/mol. The number of carbonyl (C=O) groups is 1. The first-order chi connectivity index (χ1) is 16.9. The van der Waals surface area contributed by atoms with Crippen LogP contribution in [0.2, 0.25) is 0 Å². The second-order valence-corrected chi connectivity index (χ2v) is 10.7. The van der Waals surface area contributed by atoms with Gasteiger partial charge in [-0.2, -0.15) is 0 Å². The van der Waals surface area contributed by atoms with Crippen LogP contribution in [0.25, 0.3) is 11.5 Å². The molecule has 0 radical (unpaired) electrons. The van der Waals surface area contributed by atoms with Crippen LogP contribution in [0.4, 0.5) is 0 Å². The molecule has 0 bridgehead atoms. The van der Waals surface area contributed by atoms with E-state index in [1.807, 2.05) is 0 Å². The number of hydrogen-bond donors (Lipinski definition) is 1. The lowest BCUT2D eigenvalue weighted by molar-refractivity contribution is 0.0938. The minimum atomic E-state index is -3.53. The molecule has 1 aromatic heterocycles. The molecule has 2 heterocycles. The molecule has 1 N–H and O–H groups in total. The van der Waals surface area contributed by atoms with Crippen LogP contribution in [-0.2, 0) is 15.6 Å². The van der Waals surface area contributed by atoms with Crippen molar-refractivity contribution in [2.75, 3.05) is 45.8 Å². The molecule has 1 fully saturated rings. The zero-order valence-corrected chi connectivity index (χ0v) is 21.1. The van der Waals surface area contributed by atoms with E-state index in [1.165, 1.54) is 0 Å². The smallest absolute Gasteiger partial charge is 0.251 e. The van der Waals surface area contributed by atoms with E-state index in [9.17, 15) is 13.2 Å². The number of nitrogens with zero attached hydrogens (tertiary/aromatic N) is 3. The van der Waals surface area contributed by atoms with Gasteiger partial charge in [-0.15, -0.1) is 0 Å². The molecular weight excluding hydrogens is 464 g/mol. The Morgan fingerprint density at radius 1 is 1.00 bits per heavy atom. The SMILES string of the molecule is CCN1CCN(CCNC(=O)c2ccc(-c3nc(CS(=O)(=O)c4ccccc4)c(C)o3)cc2)CC1. The molecule has 0 aliphatic carbocycles. The molecule has 186 valence electrons. The van der Waals surface area contributed by atoms with Crippen molar-refractivity contribution in [2.24, 2.45) is 0 Å². The molecule has 0 atom stereocenters. The Bertz CT molecular complexity index is 1230. The van der Waals surface area contributed by atoms with Gasteiger partial charge in [-0.05, 0) is 49.9 Å². The standard InChI is InChI=1S/C26H32N4O4S/c1-3-29-15-17-30(18-16-29)14-13-27-25(31)21-9-11-22(12-10-21)26-28-24(20(2)34-26)19-35(32,33)23-7-5-4-6-8-23/h4-12H,3,13-19H2,1-2H3,(H,27,31). The first-order valence-corrected chi connectivity index (χ1v) is 13.6. The molecule has 2 aromatic carbocycles. The summed E-state index contributed by atoms with van der Waals surface area (Å²) < 4.78 is 31.2. The van der Waals surface area contributed by atoms with Crippen LogP contribution >= 0.6 is 0 Å². The van der Waals surface area contributed by atoms with Crippen molar-refractivity contribution >= 4 is 15.7 Å². The van der Waals surface area contributed by atoms with Crippen molar-refractivity contribution in [2.45, 2.75) is 24.5 Å². The van der Waals surface area contributed by atoms with Gasteiger partial charge in [0, 0.05) is 50.4 Å². The highest BCUT2D eigenvalue weighted by Gasteiger charge is 2.21. The largest absolute Gasteiger partial charge is 0.441 e. The number of aromatic nitrogens is 1. The van der Waals surface area contributed by atoms with Gasteiger partial charge in [-0.25, -0.2) is 13.4 Å². The lowest BCUT2D eigenvalue weighted by Gasteiger charge is -2.33. The van der Waals surface area contributed by atoms with E-state index in [4.69, 9.17) is 4.42 Å². The Balaban J connectivity index is 1.33. The van der Waals surface area contributed by atoms with Gasteiger partial charge >= 0.3 is 0 Å². The summed E-state index contributed by atoms with van der Waals surface area (Å²) in [6, 6.07) is 15.3. The average Bonchev–Trinajstić information content (AvgIpc) is 3.24. The zero-order valence-electron chi connectivity index (χ0n) is 20.2. The van der Waals surface area contributed by atoms with Crippen molar-refractivity contribution in [3.8, 4) is 11.5 Å². The van der Waals surface area contributed by atoms with Gasteiger partial charge in [0.2, 0.25) is 5.89 Å². The third-order valence-electron chi connectivity index (χ3n) is 6.34. The molecule has 1 saturated heterocycles. The molecule has 35 heavy (non-hydrogen) atoms. The molecule has 1 amide bonds. The summed E-state index contributed by atoms with van der Waals surface area (Å²) in [6.45, 7) is 10.6. The number of likely N-dealkylation sites (N-methyl/N-ethyl adjacent to an activating group) is 1. The average molecular weight is 497 g/mol. The van der Waals surface area contributed by atoms with Gasteiger partial charge in [-0.1, -0.05) is 25.1 Å². The summed E-state index contributed by atoms with van der Waals surface area (Å²) in [7, 11) is -3.53. The molecule has 9 heteroatoms. The highest BCUT2D eigenvalue weighted by molar-refractivity contribution is 7.90. The van der Waals surface area contributed by atoms with Crippen molar-refractivity contribution < 1.29 is 17.6 Å². The van der Waals surface area contributed by atoms with Crippen LogP contribution in [0, 0.1) is 6.92 Å². The second-order valence-electron chi connectivity index (χ2n) is 8.70. The fourth-order valence-corrected chi connectivity index (χ4v) is 5.47. The van der Waals surface area contributed by atoms with Crippen LogP contribution in [0.1, 0.15) is 28.7 Å². The molecule has 0 unspecified atom stereocenters. The van der Waals surface area contributed by atoms with Crippen molar-refractivity contribution in [3.05, 3.63) is 71.6 Å². The maximum atomic E-state index is 12.7. The van der Waals surface area contributed by atoms with Crippen LogP contribution in [0.3, 0.4) is 0 Å². The summed E-state index contributed by atoms with van der Waals surface area (Å²) in [5.74, 6) is 0.433. The third kappa shape index (κ3) is 6.36. The lowest BCUT2D eigenvalue weighted by Crippen LogP contribution is -2.48. The highest BCUT2D eigenvalue weighted by Crippen LogP contribution is 2.25. The Kier molecular flexibility index (Phi) is 8.00. The number of piperazine rings is 1. The second kappa shape index (κ2) is 11.2. The number of sulfone groups is 1. The Morgan fingerprint density at radius 3 is 2.31 bits per heavy atom. The first kappa shape index (κ1) is 25.1. The number of oxazole rings is 1.